The number of anilines is 1. The second-order valence-corrected chi connectivity index (χ2v) is 10.1. The Morgan fingerprint density at radius 1 is 1.24 bits per heavy atom. The van der Waals surface area contributed by atoms with Crippen LogP contribution in [0.1, 0.15) is 6.42 Å². The third-order valence-corrected chi connectivity index (χ3v) is 6.49. The summed E-state index contributed by atoms with van der Waals surface area (Å²) in [5.41, 5.74) is -3.17. The summed E-state index contributed by atoms with van der Waals surface area (Å²) in [6.45, 7) is -0.390. The van der Waals surface area contributed by atoms with Gasteiger partial charge in [0.05, 0.1) is 24.4 Å². The Labute approximate surface area is 196 Å². The van der Waals surface area contributed by atoms with Crippen LogP contribution in [0.5, 0.6) is 0 Å². The molecule has 1 aliphatic rings. The molecule has 1 fully saturated rings. The van der Waals surface area contributed by atoms with Gasteiger partial charge in [0.15, 0.2) is 5.65 Å². The average molecular weight is 520 g/mol. The molecule has 15 heteroatoms. The van der Waals surface area contributed by atoms with E-state index in [0.717, 1.165) is 0 Å². The SMILES string of the molecule is NS(=O)(=O)OC[C@@H]1C[C@H](Nc2ccnc3cc(-c4cccc(SC(F)(F)F)c4)nn23)[C@@H](O)[C@H]1O. The molecule has 0 saturated heterocycles. The van der Waals surface area contributed by atoms with Gasteiger partial charge in [-0.3, -0.25) is 4.18 Å². The first-order valence-corrected chi connectivity index (χ1v) is 12.2. The van der Waals surface area contributed by atoms with Crippen LogP contribution < -0.4 is 10.5 Å². The van der Waals surface area contributed by atoms with Crippen molar-refractivity contribution < 1.29 is 36.0 Å². The normalized spacial score (nSPS) is 23.5. The van der Waals surface area contributed by atoms with E-state index in [2.05, 4.69) is 19.6 Å². The monoisotopic (exact) mass is 519 g/mol. The summed E-state index contributed by atoms with van der Waals surface area (Å²) in [4.78, 5) is 4.23. The Morgan fingerprint density at radius 3 is 2.71 bits per heavy atom. The molecule has 4 rings (SSSR count). The zero-order valence-electron chi connectivity index (χ0n) is 17.3. The summed E-state index contributed by atoms with van der Waals surface area (Å²) < 4.78 is 66.2. The quantitative estimate of drug-likeness (QED) is 0.342. The lowest BCUT2D eigenvalue weighted by Crippen LogP contribution is -2.36. The number of halogens is 3. The minimum absolute atomic E-state index is 0.0178. The highest BCUT2D eigenvalue weighted by molar-refractivity contribution is 8.00. The summed E-state index contributed by atoms with van der Waals surface area (Å²) in [5, 5.41) is 33.0. The number of fused-ring (bicyclic) bond motifs is 1. The van der Waals surface area contributed by atoms with Crippen LogP contribution in [-0.4, -0.2) is 63.6 Å². The Balaban J connectivity index is 1.56. The number of aliphatic hydroxyl groups excluding tert-OH is 2. The first-order valence-electron chi connectivity index (χ1n) is 9.90. The second kappa shape index (κ2) is 9.31. The molecule has 5 N–H and O–H groups in total. The van der Waals surface area contributed by atoms with Crippen LogP contribution in [0, 0.1) is 5.92 Å². The van der Waals surface area contributed by atoms with E-state index in [-0.39, 0.29) is 29.7 Å². The van der Waals surface area contributed by atoms with Crippen LogP contribution in [0.25, 0.3) is 16.9 Å². The van der Waals surface area contributed by atoms with Gasteiger partial charge in [-0.2, -0.15) is 31.2 Å². The van der Waals surface area contributed by atoms with Gasteiger partial charge in [-0.15, -0.1) is 0 Å². The molecule has 0 bridgehead atoms. The standard InChI is InChI=1S/C19H20F3N5O5S2/c20-19(21,22)33-12-3-1-2-10(6-12)13-8-16-24-5-4-15(27(16)26-13)25-14-7-11(17(28)18(14)29)9-32-34(23,30)31/h1-6,8,11,14,17-18,25,28-29H,7,9H2,(H2,23,30,31)/t11-,14-,17-,18+/m0/s1. The summed E-state index contributed by atoms with van der Waals surface area (Å²) in [6.07, 6.45) is -0.827. The highest BCUT2D eigenvalue weighted by atomic mass is 32.2. The van der Waals surface area contributed by atoms with Crippen molar-refractivity contribution in [2.45, 2.75) is 35.1 Å². The molecule has 4 atom stereocenters. The Bertz CT molecular complexity index is 1290. The number of thioether (sulfide) groups is 1. The molecule has 2 aromatic heterocycles. The fourth-order valence-corrected chi connectivity index (χ4v) is 4.77. The van der Waals surface area contributed by atoms with Crippen molar-refractivity contribution in [3.8, 4) is 11.3 Å². The van der Waals surface area contributed by atoms with Crippen molar-refractivity contribution in [2.75, 3.05) is 11.9 Å². The van der Waals surface area contributed by atoms with Gasteiger partial charge in [0.1, 0.15) is 11.9 Å². The molecule has 184 valence electrons. The van der Waals surface area contributed by atoms with E-state index in [1.54, 1.807) is 18.2 Å². The molecule has 0 unspecified atom stereocenters. The molecule has 1 saturated carbocycles. The maximum atomic E-state index is 12.7. The van der Waals surface area contributed by atoms with Crippen molar-refractivity contribution in [1.82, 2.24) is 14.6 Å². The van der Waals surface area contributed by atoms with Crippen LogP contribution >= 0.6 is 11.8 Å². The lowest BCUT2D eigenvalue weighted by Gasteiger charge is -2.19. The fraction of sp³-hybridized carbons (Fsp3) is 0.368. The molecular formula is C19H20F3N5O5S2. The molecule has 2 heterocycles. The minimum atomic E-state index is -4.42. The number of alkyl halides is 3. The van der Waals surface area contributed by atoms with E-state index in [0.29, 0.717) is 22.7 Å². The Hall–Kier alpha value is -2.43. The van der Waals surface area contributed by atoms with Gasteiger partial charge in [0.2, 0.25) is 0 Å². The number of nitrogens with one attached hydrogen (secondary N) is 1. The fourth-order valence-electron chi connectivity index (χ4n) is 3.80. The molecule has 0 spiro atoms. The number of aromatic nitrogens is 3. The van der Waals surface area contributed by atoms with Gasteiger partial charge >= 0.3 is 15.8 Å². The number of hydrogen-bond donors (Lipinski definition) is 4. The predicted octanol–water partition coefficient (Wildman–Crippen LogP) is 1.75. The molecular weight excluding hydrogens is 499 g/mol. The minimum Gasteiger partial charge on any atom is -0.390 e. The first-order chi connectivity index (χ1) is 15.9. The predicted molar refractivity (Wildman–Crippen MR) is 117 cm³/mol. The topological polar surface area (TPSA) is 152 Å². The maximum absolute atomic E-state index is 12.7. The average Bonchev–Trinajstić information content (AvgIpc) is 3.28. The second-order valence-electron chi connectivity index (χ2n) is 7.71. The molecule has 1 aliphatic carbocycles. The molecule has 1 aromatic carbocycles. The van der Waals surface area contributed by atoms with Crippen LogP contribution in [0.3, 0.4) is 0 Å². The number of benzene rings is 1. The van der Waals surface area contributed by atoms with Gasteiger partial charge in [-0.1, -0.05) is 12.1 Å². The summed E-state index contributed by atoms with van der Waals surface area (Å²) in [6, 6.07) is 8.36. The van der Waals surface area contributed by atoms with E-state index >= 15 is 0 Å². The third kappa shape index (κ3) is 5.79. The molecule has 3 aromatic rings. The number of nitrogens with zero attached hydrogens (tertiary/aromatic N) is 3. The van der Waals surface area contributed by atoms with E-state index in [1.807, 2.05) is 0 Å². The zero-order valence-corrected chi connectivity index (χ0v) is 18.9. The van der Waals surface area contributed by atoms with E-state index in [9.17, 15) is 31.8 Å². The van der Waals surface area contributed by atoms with Crippen LogP contribution in [0.15, 0.2) is 47.5 Å². The largest absolute Gasteiger partial charge is 0.446 e. The lowest BCUT2D eigenvalue weighted by atomic mass is 10.1. The Kier molecular flexibility index (Phi) is 6.76. The van der Waals surface area contributed by atoms with Gasteiger partial charge in [-0.25, -0.2) is 10.1 Å². The Morgan fingerprint density at radius 2 is 2.00 bits per heavy atom. The van der Waals surface area contributed by atoms with Crippen LogP contribution in [-0.2, 0) is 14.5 Å². The highest BCUT2D eigenvalue weighted by Gasteiger charge is 2.42. The van der Waals surface area contributed by atoms with Crippen LogP contribution in [0.4, 0.5) is 19.0 Å². The highest BCUT2D eigenvalue weighted by Crippen LogP contribution is 2.38. The lowest BCUT2D eigenvalue weighted by molar-refractivity contribution is -0.0328. The van der Waals surface area contributed by atoms with Gasteiger partial charge < -0.3 is 15.5 Å². The molecule has 0 aliphatic heterocycles. The van der Waals surface area contributed by atoms with Gasteiger partial charge in [0.25, 0.3) is 0 Å². The van der Waals surface area contributed by atoms with Crippen molar-refractivity contribution in [1.29, 1.82) is 0 Å². The van der Waals surface area contributed by atoms with E-state index in [1.165, 1.54) is 28.9 Å². The van der Waals surface area contributed by atoms with Crippen molar-refractivity contribution in [3.05, 3.63) is 42.6 Å². The number of hydrogen-bond acceptors (Lipinski definition) is 9. The molecule has 10 nitrogen and oxygen atoms in total. The van der Waals surface area contributed by atoms with E-state index < -0.39 is 40.0 Å². The summed E-state index contributed by atoms with van der Waals surface area (Å²) in [5.74, 6) is -0.286. The van der Waals surface area contributed by atoms with Crippen LogP contribution in [0.2, 0.25) is 0 Å². The van der Waals surface area contributed by atoms with Crippen molar-refractivity contribution >= 4 is 33.5 Å². The maximum Gasteiger partial charge on any atom is 0.446 e. The van der Waals surface area contributed by atoms with E-state index in [4.69, 9.17) is 5.14 Å². The third-order valence-electron chi connectivity index (χ3n) is 5.30. The molecule has 34 heavy (non-hydrogen) atoms. The number of nitrogens with two attached hydrogens (primary N) is 1. The smallest absolute Gasteiger partial charge is 0.390 e. The number of rotatable bonds is 7. The van der Waals surface area contributed by atoms with Gasteiger partial charge in [-0.05, 0) is 36.4 Å². The zero-order chi connectivity index (χ0) is 24.7. The summed E-state index contributed by atoms with van der Waals surface area (Å²) in [7, 11) is -4.19. The van der Waals surface area contributed by atoms with Crippen molar-refractivity contribution in [2.24, 2.45) is 11.1 Å². The van der Waals surface area contributed by atoms with Gasteiger partial charge in [0, 0.05) is 28.6 Å². The molecule has 0 amide bonds. The summed E-state index contributed by atoms with van der Waals surface area (Å²) >= 11 is -0.223. The molecule has 0 radical (unpaired) electrons. The van der Waals surface area contributed by atoms with Crippen molar-refractivity contribution in [3.63, 3.8) is 0 Å². The number of aliphatic hydroxyl groups is 2. The first kappa shape index (κ1) is 24.7.